The first kappa shape index (κ1) is 12.5. The molecule has 0 N–H and O–H groups in total. The second kappa shape index (κ2) is 4.26. The predicted molar refractivity (Wildman–Crippen MR) is 79.1 cm³/mol. The molecule has 1 aromatic carbocycles. The highest BCUT2D eigenvalue weighted by Crippen LogP contribution is 2.46. The van der Waals surface area contributed by atoms with Gasteiger partial charge in [-0.15, -0.1) is 0 Å². The Morgan fingerprint density at radius 1 is 1.11 bits per heavy atom. The van der Waals surface area contributed by atoms with Crippen molar-refractivity contribution in [1.29, 1.82) is 0 Å². The molecule has 4 heteroatoms. The van der Waals surface area contributed by atoms with E-state index in [0.717, 1.165) is 11.1 Å². The lowest BCUT2D eigenvalue weighted by molar-refractivity contribution is 0.523. The predicted octanol–water partition coefficient (Wildman–Crippen LogP) is 5.28. The monoisotopic (exact) mass is 299 g/mol. The SMILES string of the molecule is CC1(C2CC2)C=C(c2cc(Cl)c(Cl)cc2Cl)C=N1. The highest BCUT2D eigenvalue weighted by Gasteiger charge is 2.41. The average molecular weight is 301 g/mol. The van der Waals surface area contributed by atoms with Crippen molar-refractivity contribution in [1.82, 2.24) is 0 Å². The number of aliphatic imine (C=N–C) groups is 1. The molecule has 1 aliphatic heterocycles. The van der Waals surface area contributed by atoms with E-state index in [1.165, 1.54) is 12.8 Å². The summed E-state index contributed by atoms with van der Waals surface area (Å²) in [4.78, 5) is 4.63. The molecule has 0 aromatic heterocycles. The largest absolute Gasteiger partial charge is 0.282 e. The van der Waals surface area contributed by atoms with Crippen LogP contribution < -0.4 is 0 Å². The summed E-state index contributed by atoms with van der Waals surface area (Å²) in [5, 5.41) is 1.61. The Bertz CT molecular complexity index is 573. The summed E-state index contributed by atoms with van der Waals surface area (Å²) >= 11 is 18.2. The lowest BCUT2D eigenvalue weighted by Crippen LogP contribution is -2.18. The highest BCUT2D eigenvalue weighted by atomic mass is 35.5. The van der Waals surface area contributed by atoms with E-state index in [1.54, 1.807) is 6.07 Å². The molecule has 2 aliphatic rings. The molecule has 1 atom stereocenters. The van der Waals surface area contributed by atoms with Crippen molar-refractivity contribution >= 4 is 46.6 Å². The first-order chi connectivity index (χ1) is 8.49. The Morgan fingerprint density at radius 3 is 2.44 bits per heavy atom. The van der Waals surface area contributed by atoms with Crippen LogP contribution in [-0.2, 0) is 0 Å². The zero-order chi connectivity index (χ0) is 12.9. The van der Waals surface area contributed by atoms with Gasteiger partial charge in [0.1, 0.15) is 0 Å². The fraction of sp³-hybridized carbons (Fsp3) is 0.357. The molecule has 1 fully saturated rings. The lowest BCUT2D eigenvalue weighted by Gasteiger charge is -2.16. The molecule has 18 heavy (non-hydrogen) atoms. The van der Waals surface area contributed by atoms with Crippen LogP contribution in [0.3, 0.4) is 0 Å². The van der Waals surface area contributed by atoms with Gasteiger partial charge in [0.05, 0.1) is 20.6 Å². The van der Waals surface area contributed by atoms with Crippen LogP contribution in [0.2, 0.25) is 15.1 Å². The molecule has 1 aromatic rings. The van der Waals surface area contributed by atoms with Crippen molar-refractivity contribution in [3.05, 3.63) is 38.8 Å². The zero-order valence-electron chi connectivity index (χ0n) is 9.88. The Morgan fingerprint density at radius 2 is 1.78 bits per heavy atom. The van der Waals surface area contributed by atoms with Crippen molar-refractivity contribution < 1.29 is 0 Å². The summed E-state index contributed by atoms with van der Waals surface area (Å²) in [6.45, 7) is 2.17. The first-order valence-electron chi connectivity index (χ1n) is 5.92. The number of halogens is 3. The van der Waals surface area contributed by atoms with Gasteiger partial charge in [-0.1, -0.05) is 34.8 Å². The molecule has 94 valence electrons. The van der Waals surface area contributed by atoms with Crippen LogP contribution in [0.15, 0.2) is 23.2 Å². The smallest absolute Gasteiger partial charge is 0.0797 e. The number of nitrogens with zero attached hydrogens (tertiary/aromatic N) is 1. The van der Waals surface area contributed by atoms with E-state index in [4.69, 9.17) is 34.8 Å². The topological polar surface area (TPSA) is 12.4 Å². The van der Waals surface area contributed by atoms with Crippen LogP contribution in [0.25, 0.3) is 5.57 Å². The Labute approximate surface area is 121 Å². The molecule has 1 aliphatic carbocycles. The molecule has 1 heterocycles. The van der Waals surface area contributed by atoms with Crippen LogP contribution in [0.5, 0.6) is 0 Å². The van der Waals surface area contributed by atoms with Crippen LogP contribution >= 0.6 is 34.8 Å². The standard InChI is InChI=1S/C14H12Cl3N/c1-14(9-2-3-9)6-8(7-18-14)10-4-12(16)13(17)5-11(10)15/h4-7,9H,2-3H2,1H3. The van der Waals surface area contributed by atoms with Crippen molar-refractivity contribution in [2.75, 3.05) is 0 Å². The van der Waals surface area contributed by atoms with E-state index in [1.807, 2.05) is 12.3 Å². The lowest BCUT2D eigenvalue weighted by atomic mass is 9.95. The van der Waals surface area contributed by atoms with E-state index >= 15 is 0 Å². The van der Waals surface area contributed by atoms with Gasteiger partial charge in [0, 0.05) is 11.8 Å². The Hall–Kier alpha value is -0.500. The molecule has 0 amide bonds. The third-order valence-electron chi connectivity index (χ3n) is 3.65. The van der Waals surface area contributed by atoms with Crippen molar-refractivity contribution in [2.45, 2.75) is 25.3 Å². The summed E-state index contributed by atoms with van der Waals surface area (Å²) < 4.78 is 0. The number of allylic oxidation sites excluding steroid dienone is 1. The molecule has 1 nitrogen and oxygen atoms in total. The van der Waals surface area contributed by atoms with Gasteiger partial charge >= 0.3 is 0 Å². The fourth-order valence-corrected chi connectivity index (χ4v) is 3.04. The van der Waals surface area contributed by atoms with Crippen molar-refractivity contribution in [3.63, 3.8) is 0 Å². The molecular weight excluding hydrogens is 289 g/mol. The Balaban J connectivity index is 2.02. The summed E-state index contributed by atoms with van der Waals surface area (Å²) in [7, 11) is 0. The minimum Gasteiger partial charge on any atom is -0.282 e. The van der Waals surface area contributed by atoms with E-state index in [0.29, 0.717) is 21.0 Å². The third-order valence-corrected chi connectivity index (χ3v) is 4.69. The van der Waals surface area contributed by atoms with Crippen LogP contribution in [0, 0.1) is 5.92 Å². The zero-order valence-corrected chi connectivity index (χ0v) is 12.1. The third kappa shape index (κ3) is 2.09. The molecule has 1 unspecified atom stereocenters. The first-order valence-corrected chi connectivity index (χ1v) is 7.06. The molecule has 3 rings (SSSR count). The normalized spacial score (nSPS) is 26.6. The maximum atomic E-state index is 6.22. The van der Waals surface area contributed by atoms with Gasteiger partial charge in [0.15, 0.2) is 0 Å². The summed E-state index contributed by atoms with van der Waals surface area (Å²) in [5.74, 6) is 0.674. The Kier molecular flexibility index (Phi) is 2.97. The van der Waals surface area contributed by atoms with Gasteiger partial charge in [0.2, 0.25) is 0 Å². The number of hydrogen-bond acceptors (Lipinski definition) is 1. The van der Waals surface area contributed by atoms with Gasteiger partial charge in [-0.05, 0) is 49.5 Å². The van der Waals surface area contributed by atoms with Crippen molar-refractivity contribution in [2.24, 2.45) is 10.9 Å². The molecule has 0 saturated heterocycles. The number of rotatable bonds is 2. The van der Waals surface area contributed by atoms with Crippen LogP contribution in [0.1, 0.15) is 25.3 Å². The minimum absolute atomic E-state index is 0.0647. The maximum absolute atomic E-state index is 6.22. The van der Waals surface area contributed by atoms with Gasteiger partial charge < -0.3 is 0 Å². The van der Waals surface area contributed by atoms with Crippen molar-refractivity contribution in [3.8, 4) is 0 Å². The van der Waals surface area contributed by atoms with Gasteiger partial charge in [-0.2, -0.15) is 0 Å². The molecule has 1 saturated carbocycles. The van der Waals surface area contributed by atoms with E-state index < -0.39 is 0 Å². The molecule has 0 bridgehead atoms. The number of hydrogen-bond donors (Lipinski definition) is 0. The fourth-order valence-electron chi connectivity index (χ4n) is 2.38. The van der Waals surface area contributed by atoms with Gasteiger partial charge in [0.25, 0.3) is 0 Å². The quantitative estimate of drug-likeness (QED) is 0.659. The maximum Gasteiger partial charge on any atom is 0.0797 e. The average Bonchev–Trinajstić information content (AvgIpc) is 3.09. The van der Waals surface area contributed by atoms with Crippen LogP contribution in [-0.4, -0.2) is 11.8 Å². The van der Waals surface area contributed by atoms with E-state index in [-0.39, 0.29) is 5.54 Å². The summed E-state index contributed by atoms with van der Waals surface area (Å²) in [5.41, 5.74) is 1.87. The van der Waals surface area contributed by atoms with E-state index in [9.17, 15) is 0 Å². The summed E-state index contributed by atoms with van der Waals surface area (Å²) in [6, 6.07) is 3.49. The molecular formula is C14H12Cl3N. The van der Waals surface area contributed by atoms with E-state index in [2.05, 4.69) is 18.0 Å². The molecule has 0 radical (unpaired) electrons. The number of benzene rings is 1. The summed E-state index contributed by atoms with van der Waals surface area (Å²) in [6.07, 6.45) is 6.60. The second-order valence-electron chi connectivity index (χ2n) is 5.10. The van der Waals surface area contributed by atoms with Crippen LogP contribution in [0.4, 0.5) is 0 Å². The van der Waals surface area contributed by atoms with Gasteiger partial charge in [-0.25, -0.2) is 0 Å². The molecule has 0 spiro atoms. The second-order valence-corrected chi connectivity index (χ2v) is 6.33. The highest BCUT2D eigenvalue weighted by molar-refractivity contribution is 6.44. The van der Waals surface area contributed by atoms with Gasteiger partial charge in [-0.3, -0.25) is 4.99 Å². The minimum atomic E-state index is -0.0647.